The molecule has 0 spiro atoms. The topological polar surface area (TPSA) is 144 Å². The van der Waals surface area contributed by atoms with Crippen molar-refractivity contribution in [3.63, 3.8) is 0 Å². The average molecular weight is 505 g/mol. The molecule has 0 aliphatic heterocycles. The van der Waals surface area contributed by atoms with Gasteiger partial charge in [0.15, 0.2) is 11.6 Å². The summed E-state index contributed by atoms with van der Waals surface area (Å²) < 4.78 is 0. The van der Waals surface area contributed by atoms with Crippen LogP contribution in [0.3, 0.4) is 0 Å². The van der Waals surface area contributed by atoms with Crippen molar-refractivity contribution in [1.29, 1.82) is 0 Å². The number of hydrogen-bond donors (Lipinski definition) is 4. The molecule has 8 nitrogen and oxygen atoms in total. The largest absolute Gasteiger partial charge is 0.399 e. The summed E-state index contributed by atoms with van der Waals surface area (Å²) in [6.45, 7) is 2.84. The number of carbonyl (C=O) groups is 4. The number of rotatable bonds is 2. The molecule has 6 N–H and O–H groups in total. The van der Waals surface area contributed by atoms with Gasteiger partial charge < -0.3 is 22.1 Å². The zero-order valence-electron chi connectivity index (χ0n) is 20.7. The molecule has 0 bridgehead atoms. The SMILES string of the molecule is CC(=O)Nc1ccc2c(c1)C(=O)c1cc(NC(C)=O)ccc1-2.Nc1ccc2c(c1)C(=O)c1cc(N)ccc1-2. The average Bonchev–Trinajstić information content (AvgIpc) is 3.29. The summed E-state index contributed by atoms with van der Waals surface area (Å²) in [5, 5.41) is 5.34. The van der Waals surface area contributed by atoms with Crippen molar-refractivity contribution in [1.82, 2.24) is 0 Å². The molecule has 4 aromatic carbocycles. The van der Waals surface area contributed by atoms with Crippen molar-refractivity contribution in [2.75, 3.05) is 22.1 Å². The second-order valence-corrected chi connectivity index (χ2v) is 9.15. The Balaban J connectivity index is 0.000000162. The molecule has 4 aromatic rings. The van der Waals surface area contributed by atoms with Crippen LogP contribution in [0.2, 0.25) is 0 Å². The lowest BCUT2D eigenvalue weighted by Gasteiger charge is -2.05. The third kappa shape index (κ3) is 4.39. The van der Waals surface area contributed by atoms with E-state index < -0.39 is 0 Å². The second-order valence-electron chi connectivity index (χ2n) is 9.15. The molecule has 2 aliphatic carbocycles. The van der Waals surface area contributed by atoms with Crippen LogP contribution in [0.5, 0.6) is 0 Å². The molecular formula is C30H24N4O4. The molecule has 8 heteroatoms. The highest BCUT2D eigenvalue weighted by Crippen LogP contribution is 2.39. The third-order valence-corrected chi connectivity index (χ3v) is 6.33. The minimum absolute atomic E-state index is 0.00426. The summed E-state index contributed by atoms with van der Waals surface area (Å²) in [7, 11) is 0. The number of hydrogen-bond acceptors (Lipinski definition) is 6. The summed E-state index contributed by atoms with van der Waals surface area (Å²) >= 11 is 0. The number of nitrogen functional groups attached to an aromatic ring is 2. The summed E-state index contributed by atoms with van der Waals surface area (Å²) in [5.74, 6) is -0.472. The lowest BCUT2D eigenvalue weighted by atomic mass is 10.0. The maximum Gasteiger partial charge on any atom is 0.221 e. The Morgan fingerprint density at radius 2 is 0.816 bits per heavy atom. The minimum atomic E-state index is -0.184. The van der Waals surface area contributed by atoms with Crippen LogP contribution in [-0.4, -0.2) is 23.4 Å². The van der Waals surface area contributed by atoms with E-state index >= 15 is 0 Å². The Bertz CT molecular complexity index is 1570. The highest BCUT2D eigenvalue weighted by atomic mass is 16.2. The number of ketones is 2. The fraction of sp³-hybridized carbons (Fsp3) is 0.0667. The van der Waals surface area contributed by atoms with E-state index in [0.717, 1.165) is 22.3 Å². The van der Waals surface area contributed by atoms with Crippen molar-refractivity contribution in [2.45, 2.75) is 13.8 Å². The van der Waals surface area contributed by atoms with Gasteiger partial charge in [-0.05, 0) is 70.8 Å². The van der Waals surface area contributed by atoms with Crippen LogP contribution < -0.4 is 22.1 Å². The molecular weight excluding hydrogens is 480 g/mol. The molecule has 0 saturated carbocycles. The first-order chi connectivity index (χ1) is 18.1. The van der Waals surface area contributed by atoms with Crippen molar-refractivity contribution < 1.29 is 19.2 Å². The van der Waals surface area contributed by atoms with Gasteiger partial charge in [-0.25, -0.2) is 0 Å². The number of amides is 2. The monoisotopic (exact) mass is 504 g/mol. The maximum absolute atomic E-state index is 12.5. The number of nitrogens with two attached hydrogens (primary N) is 2. The molecule has 0 fully saturated rings. The fourth-order valence-electron chi connectivity index (χ4n) is 4.76. The van der Waals surface area contributed by atoms with Gasteiger partial charge in [0, 0.05) is 58.9 Å². The van der Waals surface area contributed by atoms with E-state index in [1.165, 1.54) is 13.8 Å². The third-order valence-electron chi connectivity index (χ3n) is 6.33. The number of nitrogens with one attached hydrogen (secondary N) is 2. The normalized spacial score (nSPS) is 11.9. The van der Waals surface area contributed by atoms with E-state index in [-0.39, 0.29) is 23.4 Å². The van der Waals surface area contributed by atoms with Crippen LogP contribution in [0.4, 0.5) is 22.7 Å². The first-order valence-corrected chi connectivity index (χ1v) is 11.8. The Morgan fingerprint density at radius 1 is 0.500 bits per heavy atom. The van der Waals surface area contributed by atoms with E-state index in [1.54, 1.807) is 48.5 Å². The van der Waals surface area contributed by atoms with E-state index in [1.807, 2.05) is 24.3 Å². The van der Waals surface area contributed by atoms with Crippen molar-refractivity contribution in [2.24, 2.45) is 0 Å². The van der Waals surface area contributed by atoms with Crippen LogP contribution in [0.15, 0.2) is 72.8 Å². The Kier molecular flexibility index (Phi) is 6.00. The van der Waals surface area contributed by atoms with Crippen molar-refractivity contribution >= 4 is 46.1 Å². The van der Waals surface area contributed by atoms with E-state index in [0.29, 0.717) is 45.0 Å². The maximum atomic E-state index is 12.5. The fourth-order valence-corrected chi connectivity index (χ4v) is 4.76. The van der Waals surface area contributed by atoms with E-state index in [2.05, 4.69) is 10.6 Å². The quantitative estimate of drug-likeness (QED) is 0.248. The molecule has 0 radical (unpaired) electrons. The van der Waals surface area contributed by atoms with E-state index in [9.17, 15) is 19.2 Å². The van der Waals surface area contributed by atoms with Gasteiger partial charge in [-0.2, -0.15) is 0 Å². The smallest absolute Gasteiger partial charge is 0.221 e. The van der Waals surface area contributed by atoms with Crippen LogP contribution in [-0.2, 0) is 9.59 Å². The summed E-state index contributed by atoms with van der Waals surface area (Å²) in [6.07, 6.45) is 0. The zero-order valence-corrected chi connectivity index (χ0v) is 20.7. The molecule has 0 unspecified atom stereocenters. The van der Waals surface area contributed by atoms with Gasteiger partial charge >= 0.3 is 0 Å². The molecule has 38 heavy (non-hydrogen) atoms. The second kappa shape index (κ2) is 9.33. The number of anilines is 4. The summed E-state index contributed by atoms with van der Waals surface area (Å²) in [5.41, 5.74) is 19.8. The Labute approximate surface area is 218 Å². The molecule has 0 heterocycles. The molecule has 6 rings (SSSR count). The number of fused-ring (bicyclic) bond motifs is 6. The van der Waals surface area contributed by atoms with Gasteiger partial charge in [0.1, 0.15) is 0 Å². The molecule has 0 aromatic heterocycles. The lowest BCUT2D eigenvalue weighted by Crippen LogP contribution is -2.07. The molecule has 188 valence electrons. The first-order valence-electron chi connectivity index (χ1n) is 11.8. The molecule has 0 atom stereocenters. The zero-order chi connectivity index (χ0) is 27.1. The predicted octanol–water partition coefficient (Wildman–Crippen LogP) is 4.88. The predicted molar refractivity (Wildman–Crippen MR) is 148 cm³/mol. The van der Waals surface area contributed by atoms with Gasteiger partial charge in [-0.3, -0.25) is 19.2 Å². The summed E-state index contributed by atoms with van der Waals surface area (Å²) in [4.78, 5) is 46.9. The lowest BCUT2D eigenvalue weighted by molar-refractivity contribution is -0.115. The Hall–Kier alpha value is -5.24. The van der Waals surface area contributed by atoms with Crippen LogP contribution in [0.25, 0.3) is 22.3 Å². The molecule has 2 aliphatic rings. The molecule has 0 saturated heterocycles. The van der Waals surface area contributed by atoms with Gasteiger partial charge in [0.2, 0.25) is 11.8 Å². The van der Waals surface area contributed by atoms with Gasteiger partial charge in [0.25, 0.3) is 0 Å². The Morgan fingerprint density at radius 3 is 1.16 bits per heavy atom. The van der Waals surface area contributed by atoms with Gasteiger partial charge in [-0.1, -0.05) is 24.3 Å². The standard InChI is InChI=1S/C17H14N2O3.C13H10N2O/c1-9(20)18-11-3-5-13-14-6-4-12(19-10(2)21)8-16(14)17(22)15(13)7-11;14-7-1-3-9-10-4-2-8(15)6-12(10)13(16)11(9)5-7/h3-8H,1-2H3,(H,18,20)(H,19,21);1-6H,14-15H2. The van der Waals surface area contributed by atoms with Crippen LogP contribution in [0, 0.1) is 0 Å². The first kappa shape index (κ1) is 24.5. The number of carbonyl (C=O) groups excluding carboxylic acids is 4. The van der Waals surface area contributed by atoms with Crippen molar-refractivity contribution in [3.05, 3.63) is 95.1 Å². The van der Waals surface area contributed by atoms with Gasteiger partial charge in [0.05, 0.1) is 0 Å². The van der Waals surface area contributed by atoms with Crippen LogP contribution >= 0.6 is 0 Å². The minimum Gasteiger partial charge on any atom is -0.399 e. The van der Waals surface area contributed by atoms with Crippen molar-refractivity contribution in [3.8, 4) is 22.3 Å². The molecule has 2 amide bonds. The van der Waals surface area contributed by atoms with E-state index in [4.69, 9.17) is 11.5 Å². The number of benzene rings is 4. The van der Waals surface area contributed by atoms with Crippen LogP contribution in [0.1, 0.15) is 45.7 Å². The highest BCUT2D eigenvalue weighted by Gasteiger charge is 2.28. The van der Waals surface area contributed by atoms with Gasteiger partial charge in [-0.15, -0.1) is 0 Å². The summed E-state index contributed by atoms with van der Waals surface area (Å²) in [6, 6.07) is 21.3. The highest BCUT2D eigenvalue weighted by molar-refractivity contribution is 6.23.